The maximum atomic E-state index is 11.4. The van der Waals surface area contributed by atoms with E-state index in [1.165, 1.54) is 0 Å². The molecule has 3 N–H and O–H groups in total. The summed E-state index contributed by atoms with van der Waals surface area (Å²) in [7, 11) is 0. The molecule has 2 heterocycles. The summed E-state index contributed by atoms with van der Waals surface area (Å²) in [6.45, 7) is 9.29. The number of aliphatic hydroxyl groups excluding tert-OH is 2. The Morgan fingerprint density at radius 1 is 1.45 bits per heavy atom. The Bertz CT molecular complexity index is 571. The van der Waals surface area contributed by atoms with Gasteiger partial charge >= 0.3 is 0 Å². The van der Waals surface area contributed by atoms with E-state index in [1.807, 2.05) is 0 Å². The number of aromatic nitrogens is 3. The zero-order valence-corrected chi connectivity index (χ0v) is 13.0. The molecule has 22 heavy (non-hydrogen) atoms. The van der Waals surface area contributed by atoms with E-state index in [2.05, 4.69) is 22.2 Å². The lowest BCUT2D eigenvalue weighted by Crippen LogP contribution is -2.34. The molecule has 0 radical (unpaired) electrons. The molecule has 2 unspecified atom stereocenters. The normalized spacial score (nSPS) is 27.9. The SMILES string of the molecule is C=C(NC(=O)CC)c1nnn(C[C@H]2O[C@@H](C)C(O)C2O)c1C. The largest absolute Gasteiger partial charge is 0.388 e. The fourth-order valence-electron chi connectivity index (χ4n) is 2.38. The average Bonchev–Trinajstić information content (AvgIpc) is 2.95. The van der Waals surface area contributed by atoms with E-state index in [-0.39, 0.29) is 12.5 Å². The highest BCUT2D eigenvalue weighted by Gasteiger charge is 2.40. The summed E-state index contributed by atoms with van der Waals surface area (Å²) in [6, 6.07) is 0. The van der Waals surface area contributed by atoms with Crippen molar-refractivity contribution in [1.82, 2.24) is 20.3 Å². The summed E-state index contributed by atoms with van der Waals surface area (Å²) in [5, 5.41) is 30.3. The maximum absolute atomic E-state index is 11.4. The van der Waals surface area contributed by atoms with Crippen molar-refractivity contribution >= 4 is 11.6 Å². The van der Waals surface area contributed by atoms with E-state index >= 15 is 0 Å². The highest BCUT2D eigenvalue weighted by Crippen LogP contribution is 2.23. The number of ether oxygens (including phenoxy) is 1. The molecule has 1 saturated heterocycles. The first-order valence-electron chi connectivity index (χ1n) is 7.26. The van der Waals surface area contributed by atoms with E-state index in [0.717, 1.165) is 0 Å². The van der Waals surface area contributed by atoms with Crippen LogP contribution in [0.15, 0.2) is 6.58 Å². The van der Waals surface area contributed by atoms with Crippen molar-refractivity contribution in [3.05, 3.63) is 18.0 Å². The van der Waals surface area contributed by atoms with Crippen molar-refractivity contribution in [3.63, 3.8) is 0 Å². The minimum atomic E-state index is -0.968. The molecule has 2 rings (SSSR count). The molecule has 1 aromatic rings. The lowest BCUT2D eigenvalue weighted by Gasteiger charge is -2.15. The summed E-state index contributed by atoms with van der Waals surface area (Å²) < 4.78 is 7.08. The molecule has 0 bridgehead atoms. The third-order valence-electron chi connectivity index (χ3n) is 3.83. The second kappa shape index (κ2) is 6.55. The van der Waals surface area contributed by atoms with Crippen LogP contribution in [0.3, 0.4) is 0 Å². The van der Waals surface area contributed by atoms with Crippen molar-refractivity contribution in [2.24, 2.45) is 0 Å². The molecule has 4 atom stereocenters. The van der Waals surface area contributed by atoms with Gasteiger partial charge in [-0.2, -0.15) is 0 Å². The third kappa shape index (κ3) is 3.18. The predicted molar refractivity (Wildman–Crippen MR) is 78.6 cm³/mol. The Morgan fingerprint density at radius 3 is 2.68 bits per heavy atom. The Balaban J connectivity index is 2.08. The molecule has 122 valence electrons. The summed E-state index contributed by atoms with van der Waals surface area (Å²) in [5.41, 5.74) is 1.58. The van der Waals surface area contributed by atoms with Crippen LogP contribution in [0.5, 0.6) is 0 Å². The lowest BCUT2D eigenvalue weighted by molar-refractivity contribution is -0.119. The van der Waals surface area contributed by atoms with Gasteiger partial charge in [-0.15, -0.1) is 5.10 Å². The number of carbonyl (C=O) groups excluding carboxylic acids is 1. The van der Waals surface area contributed by atoms with Gasteiger partial charge in [-0.3, -0.25) is 4.79 Å². The molecule has 1 aliphatic heterocycles. The lowest BCUT2D eigenvalue weighted by atomic mass is 10.1. The quantitative estimate of drug-likeness (QED) is 0.682. The van der Waals surface area contributed by atoms with Gasteiger partial charge in [0.05, 0.1) is 24.0 Å². The number of carbonyl (C=O) groups is 1. The molecule has 8 nitrogen and oxygen atoms in total. The van der Waals surface area contributed by atoms with E-state index in [0.29, 0.717) is 23.5 Å². The van der Waals surface area contributed by atoms with Gasteiger partial charge in [0.2, 0.25) is 5.91 Å². The Hall–Kier alpha value is -1.77. The third-order valence-corrected chi connectivity index (χ3v) is 3.83. The molecular weight excluding hydrogens is 288 g/mol. The Labute approximate surface area is 128 Å². The maximum Gasteiger partial charge on any atom is 0.224 e. The van der Waals surface area contributed by atoms with Crippen LogP contribution in [0.25, 0.3) is 5.70 Å². The van der Waals surface area contributed by atoms with E-state index in [1.54, 1.807) is 25.5 Å². The molecule has 1 aromatic heterocycles. The number of hydrogen-bond acceptors (Lipinski definition) is 6. The number of nitrogens with zero attached hydrogens (tertiary/aromatic N) is 3. The van der Waals surface area contributed by atoms with E-state index in [9.17, 15) is 15.0 Å². The predicted octanol–water partition coefficient (Wildman–Crippen LogP) is -0.407. The summed E-state index contributed by atoms with van der Waals surface area (Å²) in [6.07, 6.45) is -2.51. The minimum absolute atomic E-state index is 0.148. The first-order chi connectivity index (χ1) is 10.3. The molecule has 0 aromatic carbocycles. The van der Waals surface area contributed by atoms with Gasteiger partial charge in [0.25, 0.3) is 0 Å². The van der Waals surface area contributed by atoms with Gasteiger partial charge < -0.3 is 20.3 Å². The van der Waals surface area contributed by atoms with Gasteiger partial charge in [0.15, 0.2) is 0 Å². The number of rotatable bonds is 5. The Kier molecular flexibility index (Phi) is 4.94. The minimum Gasteiger partial charge on any atom is -0.388 e. The van der Waals surface area contributed by atoms with Crippen LogP contribution in [-0.2, 0) is 16.1 Å². The zero-order chi connectivity index (χ0) is 16.4. The summed E-state index contributed by atoms with van der Waals surface area (Å²) in [4.78, 5) is 11.4. The van der Waals surface area contributed by atoms with E-state index in [4.69, 9.17) is 4.74 Å². The van der Waals surface area contributed by atoms with Crippen LogP contribution in [0.4, 0.5) is 0 Å². The average molecular weight is 310 g/mol. The summed E-state index contributed by atoms with van der Waals surface area (Å²) in [5.74, 6) is -0.148. The standard InChI is InChI=1S/C14H22N4O4/c1-5-11(19)15-7(2)12-8(3)18(17-16-12)6-10-14(21)13(20)9(4)22-10/h9-10,13-14,20-21H,2,5-6H2,1,3-4H3,(H,15,19)/t9-,10+,13?,14?/m0/s1. The number of amides is 1. The van der Waals surface area contributed by atoms with Crippen LogP contribution in [0, 0.1) is 6.92 Å². The first kappa shape index (κ1) is 16.6. The van der Waals surface area contributed by atoms with Crippen LogP contribution < -0.4 is 5.32 Å². The van der Waals surface area contributed by atoms with E-state index < -0.39 is 24.4 Å². The number of hydrogen-bond donors (Lipinski definition) is 3. The molecule has 8 heteroatoms. The number of aliphatic hydroxyl groups is 2. The fourth-order valence-corrected chi connectivity index (χ4v) is 2.38. The van der Waals surface area contributed by atoms with Crippen LogP contribution in [-0.4, -0.2) is 55.5 Å². The number of nitrogens with one attached hydrogen (secondary N) is 1. The molecule has 0 spiro atoms. The molecule has 1 amide bonds. The second-order valence-electron chi connectivity index (χ2n) is 5.45. The molecule has 1 fully saturated rings. The van der Waals surface area contributed by atoms with Crippen LogP contribution in [0.2, 0.25) is 0 Å². The van der Waals surface area contributed by atoms with Gasteiger partial charge in [-0.1, -0.05) is 18.7 Å². The fraction of sp³-hybridized carbons (Fsp3) is 0.643. The van der Waals surface area contributed by atoms with Gasteiger partial charge in [0.1, 0.15) is 24.0 Å². The van der Waals surface area contributed by atoms with Gasteiger partial charge in [0, 0.05) is 6.42 Å². The van der Waals surface area contributed by atoms with Gasteiger partial charge in [-0.05, 0) is 13.8 Å². The zero-order valence-electron chi connectivity index (χ0n) is 13.0. The highest BCUT2D eigenvalue weighted by atomic mass is 16.5. The monoisotopic (exact) mass is 310 g/mol. The van der Waals surface area contributed by atoms with Crippen molar-refractivity contribution in [1.29, 1.82) is 0 Å². The van der Waals surface area contributed by atoms with Crippen LogP contribution in [0.1, 0.15) is 31.7 Å². The highest BCUT2D eigenvalue weighted by molar-refractivity contribution is 5.85. The van der Waals surface area contributed by atoms with Crippen molar-refractivity contribution in [2.75, 3.05) is 0 Å². The first-order valence-corrected chi connectivity index (χ1v) is 7.26. The molecule has 0 saturated carbocycles. The topological polar surface area (TPSA) is 110 Å². The molecule has 0 aliphatic carbocycles. The molecular formula is C14H22N4O4. The molecule has 1 aliphatic rings. The second-order valence-corrected chi connectivity index (χ2v) is 5.45. The van der Waals surface area contributed by atoms with Crippen LogP contribution >= 0.6 is 0 Å². The van der Waals surface area contributed by atoms with Crippen molar-refractivity contribution in [3.8, 4) is 0 Å². The Morgan fingerprint density at radius 2 is 2.14 bits per heavy atom. The van der Waals surface area contributed by atoms with Crippen molar-refractivity contribution in [2.45, 2.75) is 58.2 Å². The van der Waals surface area contributed by atoms with Gasteiger partial charge in [-0.25, -0.2) is 4.68 Å². The van der Waals surface area contributed by atoms with Crippen molar-refractivity contribution < 1.29 is 19.7 Å². The summed E-state index contributed by atoms with van der Waals surface area (Å²) >= 11 is 0. The smallest absolute Gasteiger partial charge is 0.224 e.